The highest BCUT2D eigenvalue weighted by Crippen LogP contribution is 2.16. The van der Waals surface area contributed by atoms with Crippen molar-refractivity contribution in [3.05, 3.63) is 33.5 Å². The minimum atomic E-state index is -0.245. The molecule has 20 heavy (non-hydrogen) atoms. The van der Waals surface area contributed by atoms with E-state index in [9.17, 15) is 9.59 Å². The predicted molar refractivity (Wildman–Crippen MR) is 78.9 cm³/mol. The minimum Gasteiger partial charge on any atom is -0.459 e. The summed E-state index contributed by atoms with van der Waals surface area (Å²) >= 11 is 2.92. The van der Waals surface area contributed by atoms with Gasteiger partial charge in [-0.2, -0.15) is 11.3 Å². The zero-order valence-electron chi connectivity index (χ0n) is 10.9. The molecule has 0 bridgehead atoms. The number of nitrogens with one attached hydrogen (secondary N) is 1. The number of aryl methyl sites for hydroxylation is 1. The average Bonchev–Trinajstić information content (AvgIpc) is 3.04. The van der Waals surface area contributed by atoms with Crippen molar-refractivity contribution in [2.75, 3.05) is 5.32 Å². The lowest BCUT2D eigenvalue weighted by Gasteiger charge is -2.02. The highest BCUT2D eigenvalue weighted by molar-refractivity contribution is 7.13. The fourth-order valence-corrected chi connectivity index (χ4v) is 2.93. The zero-order valence-corrected chi connectivity index (χ0v) is 12.6. The Morgan fingerprint density at radius 1 is 1.40 bits per heavy atom. The van der Waals surface area contributed by atoms with Crippen LogP contribution in [-0.2, 0) is 27.4 Å². The Labute approximate surface area is 124 Å². The third-order valence-electron chi connectivity index (χ3n) is 2.41. The van der Waals surface area contributed by atoms with Crippen molar-refractivity contribution in [3.8, 4) is 0 Å². The standard InChI is InChI=1S/C13H14N2O3S2/c1-9(16)14-13-15-11(8-20-13)6-18-12(17)3-2-10-4-5-19-7-10/h4-5,7-8H,2-3,6H2,1H3,(H,14,15,16). The molecule has 0 aromatic carbocycles. The number of hydrogen-bond donors (Lipinski definition) is 1. The Bertz CT molecular complexity index is 578. The van der Waals surface area contributed by atoms with Crippen LogP contribution in [-0.4, -0.2) is 16.9 Å². The van der Waals surface area contributed by atoms with E-state index in [1.165, 1.54) is 18.3 Å². The summed E-state index contributed by atoms with van der Waals surface area (Å²) in [6.45, 7) is 1.56. The van der Waals surface area contributed by atoms with Gasteiger partial charge in [-0.05, 0) is 28.8 Å². The molecule has 2 rings (SSSR count). The van der Waals surface area contributed by atoms with Crippen LogP contribution in [0.1, 0.15) is 24.6 Å². The molecule has 0 radical (unpaired) electrons. The molecule has 1 N–H and O–H groups in total. The van der Waals surface area contributed by atoms with Crippen LogP contribution in [0.25, 0.3) is 0 Å². The first-order valence-electron chi connectivity index (χ1n) is 6.02. The summed E-state index contributed by atoms with van der Waals surface area (Å²) in [6.07, 6.45) is 1.05. The number of amides is 1. The Morgan fingerprint density at radius 3 is 2.95 bits per heavy atom. The first-order chi connectivity index (χ1) is 9.63. The number of carbonyl (C=O) groups is 2. The van der Waals surface area contributed by atoms with E-state index in [1.54, 1.807) is 16.7 Å². The molecule has 0 saturated heterocycles. The van der Waals surface area contributed by atoms with E-state index in [0.717, 1.165) is 5.56 Å². The molecule has 2 aromatic rings. The first-order valence-corrected chi connectivity index (χ1v) is 7.84. The van der Waals surface area contributed by atoms with Gasteiger partial charge in [0.2, 0.25) is 5.91 Å². The molecule has 106 valence electrons. The van der Waals surface area contributed by atoms with Crippen molar-refractivity contribution in [2.45, 2.75) is 26.4 Å². The highest BCUT2D eigenvalue weighted by Gasteiger charge is 2.07. The topological polar surface area (TPSA) is 68.3 Å². The van der Waals surface area contributed by atoms with Crippen molar-refractivity contribution < 1.29 is 14.3 Å². The summed E-state index contributed by atoms with van der Waals surface area (Å²) in [5.41, 5.74) is 1.79. The normalized spacial score (nSPS) is 10.2. The maximum atomic E-state index is 11.6. The van der Waals surface area contributed by atoms with E-state index in [2.05, 4.69) is 10.3 Å². The molecule has 0 unspecified atom stereocenters. The Kier molecular flexibility index (Phi) is 5.25. The van der Waals surface area contributed by atoms with Crippen LogP contribution in [0.15, 0.2) is 22.2 Å². The summed E-state index contributed by atoms with van der Waals surface area (Å²) in [5, 5.41) is 8.87. The second-order valence-electron chi connectivity index (χ2n) is 4.12. The third-order valence-corrected chi connectivity index (χ3v) is 3.95. The molecule has 5 nitrogen and oxygen atoms in total. The lowest BCUT2D eigenvalue weighted by Crippen LogP contribution is -2.07. The molecule has 7 heteroatoms. The molecule has 0 atom stereocenters. The maximum Gasteiger partial charge on any atom is 0.306 e. The van der Waals surface area contributed by atoms with Crippen LogP contribution in [0.5, 0.6) is 0 Å². The van der Waals surface area contributed by atoms with Gasteiger partial charge in [-0.3, -0.25) is 9.59 Å². The molecule has 0 fully saturated rings. The Morgan fingerprint density at radius 2 is 2.25 bits per heavy atom. The SMILES string of the molecule is CC(=O)Nc1nc(COC(=O)CCc2ccsc2)cs1. The summed E-state index contributed by atoms with van der Waals surface area (Å²) in [5.74, 6) is -0.413. The van der Waals surface area contributed by atoms with Gasteiger partial charge in [-0.15, -0.1) is 11.3 Å². The van der Waals surface area contributed by atoms with Crippen LogP contribution < -0.4 is 5.32 Å². The molecule has 0 aliphatic carbocycles. The van der Waals surface area contributed by atoms with Gasteiger partial charge in [0.15, 0.2) is 5.13 Å². The number of thiophene rings is 1. The number of aromatic nitrogens is 1. The van der Waals surface area contributed by atoms with Gasteiger partial charge in [0.25, 0.3) is 0 Å². The minimum absolute atomic E-state index is 0.137. The molecule has 0 aliphatic rings. The quantitative estimate of drug-likeness (QED) is 0.833. The number of carbonyl (C=O) groups excluding carboxylic acids is 2. The Balaban J connectivity index is 1.72. The van der Waals surface area contributed by atoms with Crippen LogP contribution in [0.3, 0.4) is 0 Å². The Hall–Kier alpha value is -1.73. The first kappa shape index (κ1) is 14.7. The van der Waals surface area contributed by atoms with E-state index < -0.39 is 0 Å². The summed E-state index contributed by atoms with van der Waals surface area (Å²) < 4.78 is 5.14. The van der Waals surface area contributed by atoms with Gasteiger partial charge in [0.1, 0.15) is 6.61 Å². The van der Waals surface area contributed by atoms with Crippen LogP contribution in [0.4, 0.5) is 5.13 Å². The fraction of sp³-hybridized carbons (Fsp3) is 0.308. The molecule has 2 aromatic heterocycles. The van der Waals surface area contributed by atoms with Gasteiger partial charge in [0, 0.05) is 18.7 Å². The van der Waals surface area contributed by atoms with E-state index in [4.69, 9.17) is 4.74 Å². The maximum absolute atomic E-state index is 11.6. The second-order valence-corrected chi connectivity index (χ2v) is 5.76. The van der Waals surface area contributed by atoms with Gasteiger partial charge in [-0.25, -0.2) is 4.98 Å². The van der Waals surface area contributed by atoms with Crippen molar-refractivity contribution in [2.24, 2.45) is 0 Å². The van der Waals surface area contributed by atoms with Crippen molar-refractivity contribution in [3.63, 3.8) is 0 Å². The fourth-order valence-electron chi connectivity index (χ4n) is 1.49. The van der Waals surface area contributed by atoms with E-state index in [-0.39, 0.29) is 18.5 Å². The van der Waals surface area contributed by atoms with Crippen molar-refractivity contribution >= 4 is 39.7 Å². The lowest BCUT2D eigenvalue weighted by atomic mass is 10.2. The average molecular weight is 310 g/mol. The molecule has 0 spiro atoms. The summed E-state index contributed by atoms with van der Waals surface area (Å²) in [7, 11) is 0. The number of rotatable bonds is 6. The largest absolute Gasteiger partial charge is 0.459 e. The third kappa shape index (κ3) is 4.75. The lowest BCUT2D eigenvalue weighted by molar-refractivity contribution is -0.145. The van der Waals surface area contributed by atoms with E-state index >= 15 is 0 Å². The molecular weight excluding hydrogens is 296 g/mol. The van der Waals surface area contributed by atoms with Gasteiger partial charge >= 0.3 is 5.97 Å². The molecule has 0 saturated carbocycles. The number of hydrogen-bond acceptors (Lipinski definition) is 6. The number of nitrogens with zero attached hydrogens (tertiary/aromatic N) is 1. The van der Waals surface area contributed by atoms with Gasteiger partial charge < -0.3 is 10.1 Å². The molecule has 2 heterocycles. The second kappa shape index (κ2) is 7.16. The molecule has 0 aliphatic heterocycles. The monoisotopic (exact) mass is 310 g/mol. The highest BCUT2D eigenvalue weighted by atomic mass is 32.1. The zero-order chi connectivity index (χ0) is 14.4. The number of esters is 1. The van der Waals surface area contributed by atoms with Crippen LogP contribution >= 0.6 is 22.7 Å². The number of ether oxygens (including phenoxy) is 1. The smallest absolute Gasteiger partial charge is 0.306 e. The van der Waals surface area contributed by atoms with Crippen molar-refractivity contribution in [1.82, 2.24) is 4.98 Å². The van der Waals surface area contributed by atoms with Crippen molar-refractivity contribution in [1.29, 1.82) is 0 Å². The number of anilines is 1. The molecular formula is C13H14N2O3S2. The summed E-state index contributed by atoms with van der Waals surface area (Å²) in [4.78, 5) is 26.6. The van der Waals surface area contributed by atoms with Gasteiger partial charge in [0.05, 0.1) is 5.69 Å². The van der Waals surface area contributed by atoms with E-state index in [0.29, 0.717) is 23.7 Å². The summed E-state index contributed by atoms with van der Waals surface area (Å²) in [6, 6.07) is 2.00. The number of thiazole rings is 1. The predicted octanol–water partition coefficient (Wildman–Crippen LogP) is 2.84. The van der Waals surface area contributed by atoms with Crippen LogP contribution in [0, 0.1) is 0 Å². The molecule has 1 amide bonds. The van der Waals surface area contributed by atoms with Gasteiger partial charge in [-0.1, -0.05) is 0 Å². The van der Waals surface area contributed by atoms with E-state index in [1.807, 2.05) is 16.8 Å². The van der Waals surface area contributed by atoms with Crippen LogP contribution in [0.2, 0.25) is 0 Å².